The third-order valence-corrected chi connectivity index (χ3v) is 4.23. The van der Waals surface area contributed by atoms with Crippen LogP contribution < -0.4 is 0 Å². The van der Waals surface area contributed by atoms with Crippen LogP contribution in [0.1, 0.15) is 21.5 Å². The summed E-state index contributed by atoms with van der Waals surface area (Å²) in [5.74, 6) is -0.0955. The molecule has 0 radical (unpaired) electrons. The van der Waals surface area contributed by atoms with Crippen LogP contribution in [0.5, 0.6) is 0 Å². The monoisotopic (exact) mass is 339 g/mol. The van der Waals surface area contributed by atoms with Crippen molar-refractivity contribution in [3.8, 4) is 0 Å². The zero-order valence-electron chi connectivity index (χ0n) is 14.3. The summed E-state index contributed by atoms with van der Waals surface area (Å²) in [5, 5.41) is 8.42. The van der Waals surface area contributed by atoms with E-state index < -0.39 is 0 Å². The lowest BCUT2D eigenvalue weighted by molar-refractivity contribution is 0.105. The molecule has 0 atom stereocenters. The van der Waals surface area contributed by atoms with Gasteiger partial charge in [0, 0.05) is 5.56 Å². The van der Waals surface area contributed by atoms with Gasteiger partial charge in [-0.15, -0.1) is 5.10 Å². The third kappa shape index (κ3) is 3.05. The second-order valence-corrected chi connectivity index (χ2v) is 6.13. The van der Waals surface area contributed by atoms with Crippen molar-refractivity contribution in [1.29, 1.82) is 0 Å². The van der Waals surface area contributed by atoms with E-state index in [1.54, 1.807) is 4.68 Å². The van der Waals surface area contributed by atoms with Crippen LogP contribution in [-0.4, -0.2) is 20.8 Å². The quantitative estimate of drug-likeness (QED) is 0.402. The maximum atomic E-state index is 13.2. The molecule has 0 spiro atoms. The van der Waals surface area contributed by atoms with E-state index in [2.05, 4.69) is 10.3 Å². The van der Waals surface area contributed by atoms with Gasteiger partial charge in [-0.2, -0.15) is 0 Å². The van der Waals surface area contributed by atoms with Crippen LogP contribution >= 0.6 is 0 Å². The Morgan fingerprint density at radius 2 is 1.58 bits per heavy atom. The van der Waals surface area contributed by atoms with E-state index in [1.165, 1.54) is 5.56 Å². The molecule has 0 saturated heterocycles. The Morgan fingerprint density at radius 1 is 0.885 bits per heavy atom. The van der Waals surface area contributed by atoms with Crippen molar-refractivity contribution >= 4 is 28.6 Å². The van der Waals surface area contributed by atoms with E-state index in [0.717, 1.165) is 16.6 Å². The minimum Gasteiger partial charge on any atom is -0.287 e. The lowest BCUT2D eigenvalue weighted by atomic mass is 10.1. The minimum absolute atomic E-state index is 0.0955. The Morgan fingerprint density at radius 3 is 2.35 bits per heavy atom. The fourth-order valence-corrected chi connectivity index (χ4v) is 2.83. The number of aromatic nitrogens is 3. The second-order valence-electron chi connectivity index (χ2n) is 6.13. The second kappa shape index (κ2) is 6.76. The van der Waals surface area contributed by atoms with Crippen LogP contribution in [0.25, 0.3) is 22.8 Å². The van der Waals surface area contributed by atoms with Crippen molar-refractivity contribution in [3.05, 3.63) is 95.6 Å². The van der Waals surface area contributed by atoms with Crippen LogP contribution in [0.4, 0.5) is 0 Å². The van der Waals surface area contributed by atoms with Crippen molar-refractivity contribution < 1.29 is 4.79 Å². The van der Waals surface area contributed by atoms with Gasteiger partial charge in [0.25, 0.3) is 0 Å². The molecular formula is C22H17N3O. The fraction of sp³-hybridized carbons (Fsp3) is 0.0455. The van der Waals surface area contributed by atoms with Crippen LogP contribution in [0, 0.1) is 6.92 Å². The number of nitrogens with zero attached hydrogens (tertiary/aromatic N) is 3. The van der Waals surface area contributed by atoms with Gasteiger partial charge in [-0.1, -0.05) is 77.5 Å². The summed E-state index contributed by atoms with van der Waals surface area (Å²) in [5.41, 5.74) is 4.75. The number of carbonyl (C=O) groups is 1. The van der Waals surface area contributed by atoms with Gasteiger partial charge >= 0.3 is 0 Å². The fourth-order valence-electron chi connectivity index (χ4n) is 2.83. The summed E-state index contributed by atoms with van der Waals surface area (Å²) in [4.78, 5) is 13.2. The highest BCUT2D eigenvalue weighted by molar-refractivity contribution is 6.28. The first-order valence-electron chi connectivity index (χ1n) is 8.41. The maximum absolute atomic E-state index is 13.2. The topological polar surface area (TPSA) is 47.8 Å². The first-order chi connectivity index (χ1) is 12.7. The maximum Gasteiger partial charge on any atom is 0.211 e. The molecule has 0 unspecified atom stereocenters. The predicted octanol–water partition coefficient (Wildman–Crippen LogP) is 4.62. The average Bonchev–Trinajstić information content (AvgIpc) is 3.12. The summed E-state index contributed by atoms with van der Waals surface area (Å²) >= 11 is 0. The molecule has 0 fully saturated rings. The number of hydrogen-bond donors (Lipinski definition) is 0. The summed E-state index contributed by atoms with van der Waals surface area (Å²) in [6.07, 6.45) is 1.86. The van der Waals surface area contributed by atoms with E-state index in [9.17, 15) is 4.79 Å². The van der Waals surface area contributed by atoms with Gasteiger partial charge in [0.1, 0.15) is 11.2 Å². The molecule has 0 amide bonds. The largest absolute Gasteiger partial charge is 0.287 e. The molecule has 3 aromatic carbocycles. The number of Topliss-reactive ketones (excluding diaryl/α,β-unsaturated/α-hetero) is 1. The first-order valence-corrected chi connectivity index (χ1v) is 8.41. The molecule has 0 aliphatic heterocycles. The lowest BCUT2D eigenvalue weighted by Crippen LogP contribution is -2.11. The smallest absolute Gasteiger partial charge is 0.211 e. The summed E-state index contributed by atoms with van der Waals surface area (Å²) < 4.78 is 1.62. The summed E-state index contributed by atoms with van der Waals surface area (Å²) in [7, 11) is 0. The van der Waals surface area contributed by atoms with Crippen molar-refractivity contribution in [1.82, 2.24) is 15.0 Å². The SMILES string of the molecule is Cc1ccc(/C=C(\C(=O)c2ccccc2)n2nnc3ccccc32)cc1. The Hall–Kier alpha value is -3.53. The van der Waals surface area contributed by atoms with Crippen LogP contribution in [0.2, 0.25) is 0 Å². The highest BCUT2D eigenvalue weighted by atomic mass is 16.1. The van der Waals surface area contributed by atoms with Gasteiger partial charge in [-0.3, -0.25) is 4.79 Å². The highest BCUT2D eigenvalue weighted by Gasteiger charge is 2.18. The van der Waals surface area contributed by atoms with Crippen molar-refractivity contribution in [2.75, 3.05) is 0 Å². The Balaban J connectivity index is 1.89. The van der Waals surface area contributed by atoms with Gasteiger partial charge in [0.15, 0.2) is 0 Å². The molecule has 0 saturated carbocycles. The van der Waals surface area contributed by atoms with Crippen LogP contribution in [-0.2, 0) is 0 Å². The van der Waals surface area contributed by atoms with E-state index in [4.69, 9.17) is 0 Å². The molecule has 4 aromatic rings. The number of benzene rings is 3. The number of para-hydroxylation sites is 1. The number of allylic oxidation sites excluding steroid dienone is 1. The van der Waals surface area contributed by atoms with Gasteiger partial charge in [-0.05, 0) is 30.7 Å². The van der Waals surface area contributed by atoms with E-state index >= 15 is 0 Å². The number of ketones is 1. The van der Waals surface area contributed by atoms with Crippen LogP contribution in [0.3, 0.4) is 0 Å². The highest BCUT2D eigenvalue weighted by Crippen LogP contribution is 2.21. The van der Waals surface area contributed by atoms with Crippen molar-refractivity contribution in [2.24, 2.45) is 0 Å². The Bertz CT molecular complexity index is 1090. The zero-order chi connectivity index (χ0) is 17.9. The van der Waals surface area contributed by atoms with Crippen molar-refractivity contribution in [2.45, 2.75) is 6.92 Å². The third-order valence-electron chi connectivity index (χ3n) is 4.23. The molecule has 4 nitrogen and oxygen atoms in total. The molecule has 4 heteroatoms. The minimum atomic E-state index is -0.0955. The molecule has 0 bridgehead atoms. The molecule has 1 heterocycles. The molecular weight excluding hydrogens is 322 g/mol. The predicted molar refractivity (Wildman–Crippen MR) is 104 cm³/mol. The molecule has 0 aliphatic carbocycles. The van der Waals surface area contributed by atoms with E-state index in [0.29, 0.717) is 11.3 Å². The number of aryl methyl sites for hydroxylation is 1. The van der Waals surface area contributed by atoms with E-state index in [1.807, 2.05) is 91.9 Å². The Kier molecular flexibility index (Phi) is 4.15. The Labute approximate surface area is 151 Å². The number of rotatable bonds is 4. The van der Waals surface area contributed by atoms with Gasteiger partial charge in [0.2, 0.25) is 5.78 Å². The van der Waals surface area contributed by atoms with E-state index in [-0.39, 0.29) is 5.78 Å². The van der Waals surface area contributed by atoms with Crippen molar-refractivity contribution in [3.63, 3.8) is 0 Å². The normalized spacial score (nSPS) is 11.7. The summed E-state index contributed by atoms with van der Waals surface area (Å²) in [6, 6.07) is 24.9. The molecule has 0 aliphatic rings. The van der Waals surface area contributed by atoms with Gasteiger partial charge in [-0.25, -0.2) is 4.68 Å². The lowest BCUT2D eigenvalue weighted by Gasteiger charge is -2.08. The standard InChI is InChI=1S/C22H17N3O/c1-16-11-13-17(14-12-16)15-21(22(26)18-7-3-2-4-8-18)25-20-10-6-5-9-19(20)23-24-25/h2-15H,1H3/b21-15+. The van der Waals surface area contributed by atoms with Gasteiger partial charge < -0.3 is 0 Å². The number of fused-ring (bicyclic) bond motifs is 1. The van der Waals surface area contributed by atoms with Crippen LogP contribution in [0.15, 0.2) is 78.9 Å². The summed E-state index contributed by atoms with van der Waals surface area (Å²) in [6.45, 7) is 2.04. The molecule has 126 valence electrons. The number of carbonyl (C=O) groups excluding carboxylic acids is 1. The first kappa shape index (κ1) is 16.0. The zero-order valence-corrected chi connectivity index (χ0v) is 14.3. The van der Waals surface area contributed by atoms with Gasteiger partial charge in [0.05, 0.1) is 5.52 Å². The molecule has 0 N–H and O–H groups in total. The molecule has 1 aromatic heterocycles. The molecule has 4 rings (SSSR count). The number of hydrogen-bond acceptors (Lipinski definition) is 3. The molecule has 26 heavy (non-hydrogen) atoms. The average molecular weight is 339 g/mol.